The van der Waals surface area contributed by atoms with Crippen LogP contribution in [0, 0.1) is 11.3 Å². The van der Waals surface area contributed by atoms with Gasteiger partial charge in [0, 0.05) is 18.5 Å². The van der Waals surface area contributed by atoms with Crippen LogP contribution < -0.4 is 0 Å². The number of hydrogen-bond donors (Lipinski definition) is 2. The highest BCUT2D eigenvalue weighted by molar-refractivity contribution is 5.73. The van der Waals surface area contributed by atoms with E-state index in [0.29, 0.717) is 12.3 Å². The minimum atomic E-state index is -0.723. The predicted molar refractivity (Wildman–Crippen MR) is 64.8 cm³/mol. The Morgan fingerprint density at radius 2 is 2.29 bits per heavy atom. The second-order valence-corrected chi connectivity index (χ2v) is 5.65. The minimum Gasteiger partial charge on any atom is -0.480 e. The summed E-state index contributed by atoms with van der Waals surface area (Å²) in [6, 6.07) is -0.371. The topological polar surface area (TPSA) is 60.8 Å². The van der Waals surface area contributed by atoms with Crippen molar-refractivity contribution >= 4 is 5.97 Å². The zero-order valence-electron chi connectivity index (χ0n) is 10.6. The Morgan fingerprint density at radius 1 is 1.53 bits per heavy atom. The van der Waals surface area contributed by atoms with E-state index in [1.807, 2.05) is 6.92 Å². The first kappa shape index (κ1) is 12.8. The van der Waals surface area contributed by atoms with Crippen LogP contribution in [0.15, 0.2) is 0 Å². The number of carboxylic acid groups (broad SMARTS) is 1. The minimum absolute atomic E-state index is 0.0128. The van der Waals surface area contributed by atoms with Crippen LogP contribution in [0.3, 0.4) is 0 Å². The molecule has 0 aromatic heterocycles. The molecule has 1 saturated heterocycles. The van der Waals surface area contributed by atoms with E-state index < -0.39 is 5.97 Å². The van der Waals surface area contributed by atoms with Crippen LogP contribution in [0.2, 0.25) is 0 Å². The van der Waals surface area contributed by atoms with E-state index in [0.717, 1.165) is 25.9 Å². The third-order valence-corrected chi connectivity index (χ3v) is 4.74. The summed E-state index contributed by atoms with van der Waals surface area (Å²) in [5, 5.41) is 18.9. The van der Waals surface area contributed by atoms with Gasteiger partial charge < -0.3 is 10.2 Å². The summed E-state index contributed by atoms with van der Waals surface area (Å²) in [7, 11) is 0. The molecule has 98 valence electrons. The fraction of sp³-hybridized carbons (Fsp3) is 0.923. The number of aliphatic carboxylic acids is 1. The van der Waals surface area contributed by atoms with Crippen molar-refractivity contribution in [3.8, 4) is 0 Å². The first-order valence-electron chi connectivity index (χ1n) is 6.70. The molecule has 1 aliphatic heterocycles. The molecular formula is C13H23NO3. The first-order valence-corrected chi connectivity index (χ1v) is 6.70. The zero-order chi connectivity index (χ0) is 12.5. The fourth-order valence-electron chi connectivity index (χ4n) is 3.71. The van der Waals surface area contributed by atoms with Crippen LogP contribution in [-0.2, 0) is 4.79 Å². The molecule has 4 nitrogen and oxygen atoms in total. The quantitative estimate of drug-likeness (QED) is 0.779. The van der Waals surface area contributed by atoms with Crippen molar-refractivity contribution in [2.24, 2.45) is 11.3 Å². The summed E-state index contributed by atoms with van der Waals surface area (Å²) in [6.07, 6.45) is 5.25. The standard InChI is InChI=1S/C13H23NO3/c1-2-11(12(16)17)14-7-10-5-3-4-6-13(10,8-14)9-15/h10-11,15H,2-9H2,1H3,(H,16,17)/t10-,11-,13-/m1/s1. The summed E-state index contributed by atoms with van der Waals surface area (Å²) in [6.45, 7) is 3.75. The average molecular weight is 241 g/mol. The van der Waals surface area contributed by atoms with Crippen LogP contribution in [0.25, 0.3) is 0 Å². The number of rotatable bonds is 4. The Bertz CT molecular complexity index is 294. The number of carbonyl (C=O) groups is 1. The molecule has 0 bridgehead atoms. The molecule has 1 aliphatic carbocycles. The molecule has 0 aromatic carbocycles. The molecule has 1 saturated carbocycles. The van der Waals surface area contributed by atoms with E-state index in [1.54, 1.807) is 0 Å². The lowest BCUT2D eigenvalue weighted by molar-refractivity contribution is -0.143. The first-order chi connectivity index (χ1) is 8.13. The van der Waals surface area contributed by atoms with Gasteiger partial charge in [-0.05, 0) is 25.2 Å². The van der Waals surface area contributed by atoms with Gasteiger partial charge in [0.15, 0.2) is 0 Å². The Kier molecular flexibility index (Phi) is 3.73. The highest BCUT2D eigenvalue weighted by Gasteiger charge is 2.49. The Balaban J connectivity index is 2.12. The molecule has 0 aromatic rings. The van der Waals surface area contributed by atoms with Crippen LogP contribution in [0.5, 0.6) is 0 Å². The lowest BCUT2D eigenvalue weighted by Gasteiger charge is -2.37. The van der Waals surface area contributed by atoms with E-state index >= 15 is 0 Å². The van der Waals surface area contributed by atoms with E-state index in [4.69, 9.17) is 0 Å². The van der Waals surface area contributed by atoms with Gasteiger partial charge in [-0.25, -0.2) is 0 Å². The molecule has 0 radical (unpaired) electrons. The number of nitrogens with zero attached hydrogens (tertiary/aromatic N) is 1. The summed E-state index contributed by atoms with van der Waals surface area (Å²) < 4.78 is 0. The molecule has 0 amide bonds. The van der Waals surface area contributed by atoms with Gasteiger partial charge in [-0.15, -0.1) is 0 Å². The van der Waals surface area contributed by atoms with Crippen molar-refractivity contribution in [3.05, 3.63) is 0 Å². The van der Waals surface area contributed by atoms with Gasteiger partial charge in [-0.1, -0.05) is 19.8 Å². The molecule has 2 rings (SSSR count). The summed E-state index contributed by atoms with van der Waals surface area (Å²) in [4.78, 5) is 13.3. The van der Waals surface area contributed by atoms with Gasteiger partial charge in [0.1, 0.15) is 6.04 Å². The van der Waals surface area contributed by atoms with Crippen molar-refractivity contribution in [3.63, 3.8) is 0 Å². The Morgan fingerprint density at radius 3 is 2.82 bits per heavy atom. The fourth-order valence-corrected chi connectivity index (χ4v) is 3.71. The second kappa shape index (κ2) is 4.94. The number of hydrogen-bond acceptors (Lipinski definition) is 3. The SMILES string of the molecule is CC[C@H](C(=O)O)N1C[C@H]2CCCC[C@]2(CO)C1. The lowest BCUT2D eigenvalue weighted by Crippen LogP contribution is -2.41. The van der Waals surface area contributed by atoms with Crippen LogP contribution in [0.4, 0.5) is 0 Å². The Hall–Kier alpha value is -0.610. The summed E-state index contributed by atoms with van der Waals surface area (Å²) in [5.41, 5.74) is -0.0128. The van der Waals surface area contributed by atoms with Crippen molar-refractivity contribution < 1.29 is 15.0 Å². The molecule has 1 heterocycles. The molecule has 3 atom stereocenters. The molecule has 2 N–H and O–H groups in total. The normalized spacial score (nSPS) is 35.5. The van der Waals surface area contributed by atoms with Crippen LogP contribution in [0.1, 0.15) is 39.0 Å². The average Bonchev–Trinajstić information content (AvgIpc) is 2.69. The van der Waals surface area contributed by atoms with E-state index in [9.17, 15) is 15.0 Å². The number of aliphatic hydroxyl groups is 1. The van der Waals surface area contributed by atoms with Gasteiger partial charge in [-0.3, -0.25) is 9.69 Å². The third-order valence-electron chi connectivity index (χ3n) is 4.74. The molecule has 0 spiro atoms. The largest absolute Gasteiger partial charge is 0.480 e. The van der Waals surface area contributed by atoms with Gasteiger partial charge in [0.2, 0.25) is 0 Å². The maximum Gasteiger partial charge on any atom is 0.320 e. The molecular weight excluding hydrogens is 218 g/mol. The summed E-state index contributed by atoms with van der Waals surface area (Å²) in [5.74, 6) is -0.228. The smallest absolute Gasteiger partial charge is 0.320 e. The molecule has 2 fully saturated rings. The zero-order valence-corrected chi connectivity index (χ0v) is 10.6. The maximum atomic E-state index is 11.2. The number of fused-ring (bicyclic) bond motifs is 1. The van der Waals surface area contributed by atoms with Crippen LogP contribution >= 0.6 is 0 Å². The molecule has 4 heteroatoms. The highest BCUT2D eigenvalue weighted by atomic mass is 16.4. The third kappa shape index (κ3) is 2.20. The summed E-state index contributed by atoms with van der Waals surface area (Å²) >= 11 is 0. The monoisotopic (exact) mass is 241 g/mol. The van der Waals surface area contributed by atoms with Crippen molar-refractivity contribution in [2.45, 2.75) is 45.1 Å². The Labute approximate surface area is 103 Å². The highest BCUT2D eigenvalue weighted by Crippen LogP contribution is 2.47. The van der Waals surface area contributed by atoms with Crippen molar-refractivity contribution in [1.82, 2.24) is 4.90 Å². The van der Waals surface area contributed by atoms with Gasteiger partial charge in [0.05, 0.1) is 6.61 Å². The molecule has 2 aliphatic rings. The van der Waals surface area contributed by atoms with Crippen LogP contribution in [-0.4, -0.2) is 46.8 Å². The van der Waals surface area contributed by atoms with Crippen molar-refractivity contribution in [1.29, 1.82) is 0 Å². The predicted octanol–water partition coefficient (Wildman–Crippen LogP) is 1.33. The van der Waals surface area contributed by atoms with E-state index in [-0.39, 0.29) is 18.1 Å². The second-order valence-electron chi connectivity index (χ2n) is 5.65. The molecule has 17 heavy (non-hydrogen) atoms. The number of aliphatic hydroxyl groups excluding tert-OH is 1. The maximum absolute atomic E-state index is 11.2. The van der Waals surface area contributed by atoms with Gasteiger partial charge in [0.25, 0.3) is 0 Å². The van der Waals surface area contributed by atoms with E-state index in [2.05, 4.69) is 4.90 Å². The number of carboxylic acids is 1. The molecule has 0 unspecified atom stereocenters. The van der Waals surface area contributed by atoms with Gasteiger partial charge >= 0.3 is 5.97 Å². The van der Waals surface area contributed by atoms with Crippen molar-refractivity contribution in [2.75, 3.05) is 19.7 Å². The van der Waals surface area contributed by atoms with E-state index in [1.165, 1.54) is 12.8 Å². The van der Waals surface area contributed by atoms with Gasteiger partial charge in [-0.2, -0.15) is 0 Å². The number of likely N-dealkylation sites (tertiary alicyclic amines) is 1. The lowest BCUT2D eigenvalue weighted by atomic mass is 9.69.